The van der Waals surface area contributed by atoms with Crippen LogP contribution in [0.1, 0.15) is 9.68 Å². The van der Waals surface area contributed by atoms with E-state index < -0.39 is 6.98 Å². The highest BCUT2D eigenvalue weighted by atomic mass is 15.2. The quantitative estimate of drug-likeness (QED) is 0.394. The van der Waals surface area contributed by atoms with Crippen molar-refractivity contribution in [1.29, 1.82) is 0 Å². The number of hydrogen-bond acceptors (Lipinski definition) is 1. The molecule has 0 amide bonds. The van der Waals surface area contributed by atoms with E-state index in [1.807, 2.05) is 28.9 Å². The van der Waals surface area contributed by atoms with Gasteiger partial charge in [0.2, 0.25) is 5.65 Å². The molecule has 1 aromatic carbocycles. The fourth-order valence-corrected chi connectivity index (χ4v) is 3.19. The predicted molar refractivity (Wildman–Crippen MR) is 76.4 cm³/mol. The van der Waals surface area contributed by atoms with Gasteiger partial charge in [0.25, 0.3) is 5.65 Å². The molecular weight excluding hydrogens is 248 g/mol. The van der Waals surface area contributed by atoms with Crippen molar-refractivity contribution in [3.05, 3.63) is 54.5 Å². The molecule has 0 fully saturated rings. The molecule has 0 spiro atoms. The number of hydrogen-bond donors (Lipinski definition) is 0. The first kappa shape index (κ1) is 7.85. The summed E-state index contributed by atoms with van der Waals surface area (Å²) in [5.41, 5.74) is 5.19. The average molecular weight is 264 g/mol. The molecule has 5 rings (SSSR count). The smallest absolute Gasteiger partial charge is 0.272 e. The lowest BCUT2D eigenvalue weighted by atomic mass is 10.1. The summed E-state index contributed by atoms with van der Waals surface area (Å²) in [4.78, 5) is 4.39. The number of rotatable bonds is 0. The van der Waals surface area contributed by atoms with Crippen LogP contribution >= 0.6 is 0 Å². The molecule has 96 valence electrons. The normalized spacial score (nSPS) is 15.9. The summed E-state index contributed by atoms with van der Waals surface area (Å²) < 4.78 is 29.4. The van der Waals surface area contributed by atoms with E-state index >= 15 is 0 Å². The van der Waals surface area contributed by atoms with Gasteiger partial charge in [-0.1, -0.05) is 24.3 Å². The molecule has 0 bridgehead atoms. The van der Waals surface area contributed by atoms with Crippen molar-refractivity contribution in [3.63, 3.8) is 0 Å². The van der Waals surface area contributed by atoms with Gasteiger partial charge in [0.15, 0.2) is 17.5 Å². The number of fused-ring (bicyclic) bond motifs is 7. The Morgan fingerprint density at radius 2 is 2.20 bits per heavy atom. The number of aryl methyl sites for hydroxylation is 1. The second kappa shape index (κ2) is 3.28. The molecule has 0 atom stereocenters. The number of aromatic nitrogens is 4. The number of nitrogens with zero attached hydrogens (tertiary/aromatic N) is 4. The van der Waals surface area contributed by atoms with Gasteiger partial charge in [-0.05, 0) is 17.7 Å². The molecule has 3 aromatic heterocycles. The summed E-state index contributed by atoms with van der Waals surface area (Å²) >= 11 is 0. The summed E-state index contributed by atoms with van der Waals surface area (Å²) in [7, 11) is 0. The van der Waals surface area contributed by atoms with Crippen LogP contribution < -0.4 is 4.40 Å². The molecule has 4 heterocycles. The lowest BCUT2D eigenvalue weighted by molar-refractivity contribution is -0.484. The zero-order valence-corrected chi connectivity index (χ0v) is 10.6. The third kappa shape index (κ3) is 1.04. The lowest BCUT2D eigenvalue weighted by Gasteiger charge is -1.95. The van der Waals surface area contributed by atoms with Gasteiger partial charge in [0, 0.05) is 12.5 Å². The molecule has 4 aromatic rings. The first-order chi connectivity index (χ1) is 11.1. The van der Waals surface area contributed by atoms with Crippen LogP contribution in [-0.4, -0.2) is 14.1 Å². The summed E-state index contributed by atoms with van der Waals surface area (Å²) in [6.07, 6.45) is 3.64. The molecule has 1 aliphatic rings. The summed E-state index contributed by atoms with van der Waals surface area (Å²) in [5, 5.41) is 0. The first-order valence-corrected chi connectivity index (χ1v) is 6.54. The molecule has 0 N–H and O–H groups in total. The van der Waals surface area contributed by atoms with Crippen LogP contribution in [0.3, 0.4) is 0 Å². The van der Waals surface area contributed by atoms with Crippen molar-refractivity contribution in [1.82, 2.24) is 14.1 Å². The van der Waals surface area contributed by atoms with Gasteiger partial charge in [-0.3, -0.25) is 9.13 Å². The fraction of sp³-hybridized carbons (Fsp3) is 0.125. The van der Waals surface area contributed by atoms with Crippen LogP contribution in [0.15, 0.2) is 48.9 Å². The number of imidazole rings is 2. The monoisotopic (exact) mass is 264 g/mol. The third-order valence-corrected chi connectivity index (χ3v) is 4.04. The van der Waals surface area contributed by atoms with Crippen LogP contribution in [0.4, 0.5) is 0 Å². The van der Waals surface area contributed by atoms with E-state index in [1.165, 1.54) is 10.1 Å². The lowest BCUT2D eigenvalue weighted by Crippen LogP contribution is -2.18. The zero-order chi connectivity index (χ0) is 15.8. The summed E-state index contributed by atoms with van der Waals surface area (Å²) in [6, 6.07) is 11.7. The molecule has 4 heteroatoms. The maximum Gasteiger partial charge on any atom is 0.272 e. The van der Waals surface area contributed by atoms with Crippen molar-refractivity contribution in [2.75, 3.05) is 0 Å². The van der Waals surface area contributed by atoms with E-state index in [0.29, 0.717) is 16.8 Å². The Labute approximate surface area is 119 Å². The largest absolute Gasteiger partial charge is 0.272 e. The molecule has 0 unspecified atom stereocenters. The van der Waals surface area contributed by atoms with Gasteiger partial charge in [-0.2, -0.15) is 4.40 Å². The zero-order valence-electron chi connectivity index (χ0n) is 13.6. The minimum absolute atomic E-state index is 0.621. The van der Waals surface area contributed by atoms with Gasteiger partial charge < -0.3 is 0 Å². The summed E-state index contributed by atoms with van der Waals surface area (Å²) in [6.45, 7) is -1.52. The molecular formula is C16H13N4+. The minimum Gasteiger partial charge on any atom is -0.272 e. The second-order valence-electron chi connectivity index (χ2n) is 5.12. The third-order valence-electron chi connectivity index (χ3n) is 4.04. The van der Waals surface area contributed by atoms with E-state index in [-0.39, 0.29) is 0 Å². The number of pyridine rings is 1. The standard InChI is InChI=1S/C16H13N4/c1-18-13-7-4-8-17-15(13)20-10-19-9-11-5-2-3-6-12(11)14(19)16(18)20/h2-8,10H,9H2,1H3/q+1/i1D3. The molecule has 1 aliphatic heterocycles. The van der Waals surface area contributed by atoms with Gasteiger partial charge in [-0.15, -0.1) is 4.98 Å². The molecule has 0 aliphatic carbocycles. The maximum atomic E-state index is 7.99. The van der Waals surface area contributed by atoms with Crippen LogP contribution in [0, 0.1) is 0 Å². The Balaban J connectivity index is 2.02. The highest BCUT2D eigenvalue weighted by Crippen LogP contribution is 2.34. The number of benzene rings is 1. The molecule has 4 nitrogen and oxygen atoms in total. The minimum atomic E-state index is -2.27. The maximum absolute atomic E-state index is 7.99. The SMILES string of the molecule is [2H]C([2H])([2H])n1c2cccnc2[n+]2cn3c(c12)-c1ccccc1C3. The van der Waals surface area contributed by atoms with Crippen LogP contribution in [0.25, 0.3) is 28.1 Å². The van der Waals surface area contributed by atoms with Gasteiger partial charge in [0.1, 0.15) is 0 Å². The van der Waals surface area contributed by atoms with Crippen molar-refractivity contribution in [2.45, 2.75) is 6.54 Å². The molecule has 20 heavy (non-hydrogen) atoms. The van der Waals surface area contributed by atoms with E-state index in [4.69, 9.17) is 4.11 Å². The van der Waals surface area contributed by atoms with Crippen molar-refractivity contribution >= 4 is 16.8 Å². The van der Waals surface area contributed by atoms with Crippen LogP contribution in [0.2, 0.25) is 0 Å². The van der Waals surface area contributed by atoms with E-state index in [1.54, 1.807) is 18.3 Å². The summed E-state index contributed by atoms with van der Waals surface area (Å²) in [5.74, 6) is 0. The van der Waals surface area contributed by atoms with Gasteiger partial charge >= 0.3 is 0 Å². The van der Waals surface area contributed by atoms with E-state index in [9.17, 15) is 0 Å². The highest BCUT2D eigenvalue weighted by Gasteiger charge is 2.30. The average Bonchev–Trinajstić information content (AvgIpc) is 3.12. The van der Waals surface area contributed by atoms with Crippen LogP contribution in [-0.2, 0) is 13.5 Å². The van der Waals surface area contributed by atoms with Crippen LogP contribution in [0.5, 0.6) is 0 Å². The first-order valence-electron chi connectivity index (χ1n) is 8.04. The topological polar surface area (TPSA) is 26.9 Å². The predicted octanol–water partition coefficient (Wildman–Crippen LogP) is 2.14. The molecule has 0 saturated heterocycles. The Morgan fingerprint density at radius 3 is 3.15 bits per heavy atom. The Kier molecular flexibility index (Phi) is 1.29. The Hall–Kier alpha value is -2.62. The molecule has 0 saturated carbocycles. The van der Waals surface area contributed by atoms with Crippen molar-refractivity contribution < 1.29 is 8.51 Å². The van der Waals surface area contributed by atoms with Crippen molar-refractivity contribution in [3.8, 4) is 11.3 Å². The molecule has 0 radical (unpaired) electrons. The Bertz CT molecular complexity index is 1090. The van der Waals surface area contributed by atoms with Gasteiger partial charge in [0.05, 0.1) is 16.9 Å². The van der Waals surface area contributed by atoms with Gasteiger partial charge in [-0.25, -0.2) is 0 Å². The second-order valence-corrected chi connectivity index (χ2v) is 5.12. The van der Waals surface area contributed by atoms with E-state index in [0.717, 1.165) is 17.8 Å². The van der Waals surface area contributed by atoms with E-state index in [2.05, 4.69) is 15.6 Å². The van der Waals surface area contributed by atoms with Crippen molar-refractivity contribution in [2.24, 2.45) is 6.98 Å². The highest BCUT2D eigenvalue weighted by molar-refractivity contribution is 5.82. The fourth-order valence-electron chi connectivity index (χ4n) is 3.19. The Morgan fingerprint density at radius 1 is 1.25 bits per heavy atom.